The minimum atomic E-state index is -0.511. The minimum absolute atomic E-state index is 0.181. The first-order valence-corrected chi connectivity index (χ1v) is 7.87. The molecule has 0 saturated carbocycles. The monoisotopic (exact) mass is 300 g/mol. The molecule has 0 spiro atoms. The Morgan fingerprint density at radius 3 is 2.85 bits per heavy atom. The van der Waals surface area contributed by atoms with Crippen molar-refractivity contribution in [2.24, 2.45) is 5.73 Å². The number of benzene rings is 1. The third kappa shape index (κ3) is 5.79. The molecule has 1 rings (SSSR count). The number of thioether (sulfide) groups is 1. The van der Waals surface area contributed by atoms with Crippen LogP contribution < -0.4 is 15.8 Å². The molecule has 0 heterocycles. The molecule has 1 aromatic carbocycles. The maximum atomic E-state index is 13.4. The van der Waals surface area contributed by atoms with Gasteiger partial charge in [0.2, 0.25) is 5.91 Å². The average molecular weight is 300 g/mol. The second kappa shape index (κ2) is 8.81. The van der Waals surface area contributed by atoms with Gasteiger partial charge in [0.1, 0.15) is 6.10 Å². The van der Waals surface area contributed by atoms with Crippen molar-refractivity contribution in [3.8, 4) is 5.75 Å². The number of carbonyl (C=O) groups is 1. The van der Waals surface area contributed by atoms with Crippen LogP contribution in [0.25, 0.3) is 0 Å². The first kappa shape index (κ1) is 16.8. The van der Waals surface area contributed by atoms with Gasteiger partial charge in [-0.05, 0) is 37.5 Å². The van der Waals surface area contributed by atoms with Crippen molar-refractivity contribution in [2.75, 3.05) is 18.6 Å². The lowest BCUT2D eigenvalue weighted by Crippen LogP contribution is -2.44. The summed E-state index contributed by atoms with van der Waals surface area (Å²) in [6, 6.07) is 5.67. The first-order chi connectivity index (χ1) is 9.54. The normalized spacial score (nSPS) is 13.6. The number of ether oxygens (including phenoxy) is 1. The zero-order valence-electron chi connectivity index (χ0n) is 11.8. The Bertz CT molecular complexity index is 431. The van der Waals surface area contributed by atoms with Crippen LogP contribution in [0.2, 0.25) is 0 Å². The molecule has 0 aliphatic heterocycles. The second-order valence-electron chi connectivity index (χ2n) is 4.49. The number of nitrogens with one attached hydrogen (secondary N) is 1. The summed E-state index contributed by atoms with van der Waals surface area (Å²) in [6.07, 6.45) is 2.27. The third-order valence-corrected chi connectivity index (χ3v) is 3.34. The molecule has 0 bridgehead atoms. The number of halogens is 1. The van der Waals surface area contributed by atoms with E-state index < -0.39 is 11.9 Å². The largest absolute Gasteiger partial charge is 0.486 e. The van der Waals surface area contributed by atoms with Crippen molar-refractivity contribution in [3.63, 3.8) is 0 Å². The van der Waals surface area contributed by atoms with Crippen LogP contribution >= 0.6 is 11.8 Å². The molecule has 3 N–H and O–H groups in total. The van der Waals surface area contributed by atoms with E-state index in [4.69, 9.17) is 10.5 Å². The standard InChI is InChI=1S/C14H21FN2O2S/c1-10(19-13-6-4-3-5-11(13)15)9-17-14(18)12(16)7-8-20-2/h3-6,10,12H,7-9,16H2,1-2H3,(H,17,18)/t10?,12-/m0/s1. The number of rotatable bonds is 8. The minimum Gasteiger partial charge on any atom is -0.486 e. The highest BCUT2D eigenvalue weighted by atomic mass is 32.2. The molecule has 0 radical (unpaired) electrons. The Hall–Kier alpha value is -1.27. The number of carbonyl (C=O) groups excluding carboxylic acids is 1. The molecule has 0 aromatic heterocycles. The number of nitrogens with two attached hydrogens (primary N) is 1. The van der Waals surface area contributed by atoms with Gasteiger partial charge in [0.05, 0.1) is 12.6 Å². The van der Waals surface area contributed by atoms with E-state index in [2.05, 4.69) is 5.32 Å². The van der Waals surface area contributed by atoms with E-state index in [1.165, 1.54) is 6.07 Å². The fourth-order valence-electron chi connectivity index (χ4n) is 1.55. The van der Waals surface area contributed by atoms with E-state index in [0.717, 1.165) is 5.75 Å². The molecule has 1 aromatic rings. The van der Waals surface area contributed by atoms with Crippen molar-refractivity contribution in [2.45, 2.75) is 25.5 Å². The van der Waals surface area contributed by atoms with Gasteiger partial charge >= 0.3 is 0 Å². The molecule has 4 nitrogen and oxygen atoms in total. The van der Waals surface area contributed by atoms with Gasteiger partial charge in [0.25, 0.3) is 0 Å². The van der Waals surface area contributed by atoms with Gasteiger partial charge in [-0.2, -0.15) is 11.8 Å². The summed E-state index contributed by atoms with van der Waals surface area (Å²) in [7, 11) is 0. The van der Waals surface area contributed by atoms with Crippen LogP contribution in [-0.4, -0.2) is 36.6 Å². The lowest BCUT2D eigenvalue weighted by Gasteiger charge is -2.17. The quantitative estimate of drug-likeness (QED) is 0.768. The van der Waals surface area contributed by atoms with Crippen molar-refractivity contribution in [3.05, 3.63) is 30.1 Å². The molecule has 20 heavy (non-hydrogen) atoms. The lowest BCUT2D eigenvalue weighted by atomic mass is 10.2. The summed E-state index contributed by atoms with van der Waals surface area (Å²) in [6.45, 7) is 2.06. The van der Waals surface area contributed by atoms with E-state index in [0.29, 0.717) is 13.0 Å². The second-order valence-corrected chi connectivity index (χ2v) is 5.48. The fourth-order valence-corrected chi connectivity index (χ4v) is 2.04. The molecule has 112 valence electrons. The molecular weight excluding hydrogens is 279 g/mol. The summed E-state index contributed by atoms with van der Waals surface area (Å²) in [5.41, 5.74) is 5.74. The predicted molar refractivity (Wildman–Crippen MR) is 80.5 cm³/mol. The topological polar surface area (TPSA) is 64.4 Å². The van der Waals surface area contributed by atoms with E-state index in [9.17, 15) is 9.18 Å². The maximum absolute atomic E-state index is 13.4. The third-order valence-electron chi connectivity index (χ3n) is 2.70. The Balaban J connectivity index is 2.34. The molecule has 0 aliphatic rings. The lowest BCUT2D eigenvalue weighted by molar-refractivity contribution is -0.122. The van der Waals surface area contributed by atoms with E-state index in [1.807, 2.05) is 6.26 Å². The van der Waals surface area contributed by atoms with E-state index in [-0.39, 0.29) is 17.8 Å². The zero-order chi connectivity index (χ0) is 15.0. The van der Waals surface area contributed by atoms with Crippen molar-refractivity contribution >= 4 is 17.7 Å². The molecular formula is C14H21FN2O2S. The number of hydrogen-bond donors (Lipinski definition) is 2. The number of para-hydroxylation sites is 1. The van der Waals surface area contributed by atoms with Crippen LogP contribution in [0.5, 0.6) is 5.75 Å². The molecule has 0 saturated heterocycles. The van der Waals surface area contributed by atoms with E-state index >= 15 is 0 Å². The van der Waals surface area contributed by atoms with Crippen molar-refractivity contribution < 1.29 is 13.9 Å². The predicted octanol–water partition coefficient (Wildman–Crippen LogP) is 1.79. The summed E-state index contributed by atoms with van der Waals surface area (Å²) >= 11 is 1.65. The van der Waals surface area contributed by atoms with Gasteiger partial charge in [0.15, 0.2) is 11.6 Å². The van der Waals surface area contributed by atoms with Crippen LogP contribution in [0.1, 0.15) is 13.3 Å². The molecule has 0 fully saturated rings. The van der Waals surface area contributed by atoms with Gasteiger partial charge in [-0.15, -0.1) is 0 Å². The van der Waals surface area contributed by atoms with Crippen LogP contribution in [0.15, 0.2) is 24.3 Å². The van der Waals surface area contributed by atoms with Gasteiger partial charge in [-0.3, -0.25) is 4.79 Å². The van der Waals surface area contributed by atoms with Crippen LogP contribution in [-0.2, 0) is 4.79 Å². The highest BCUT2D eigenvalue weighted by Gasteiger charge is 2.14. The Morgan fingerprint density at radius 2 is 2.20 bits per heavy atom. The summed E-state index contributed by atoms with van der Waals surface area (Å²) in [4.78, 5) is 11.7. The summed E-state index contributed by atoms with van der Waals surface area (Å²) in [5.74, 6) is 0.405. The number of amides is 1. The van der Waals surface area contributed by atoms with Crippen LogP contribution in [0.3, 0.4) is 0 Å². The summed E-state index contributed by atoms with van der Waals surface area (Å²) < 4.78 is 18.8. The van der Waals surface area contributed by atoms with E-state index in [1.54, 1.807) is 36.9 Å². The Labute approximate surface area is 123 Å². The molecule has 1 amide bonds. The average Bonchev–Trinajstić information content (AvgIpc) is 2.44. The summed E-state index contributed by atoms with van der Waals surface area (Å²) in [5, 5.41) is 2.71. The van der Waals surface area contributed by atoms with Crippen molar-refractivity contribution in [1.29, 1.82) is 0 Å². The molecule has 2 atom stereocenters. The van der Waals surface area contributed by atoms with Gasteiger partial charge in [0, 0.05) is 0 Å². The number of hydrogen-bond acceptors (Lipinski definition) is 4. The SMILES string of the molecule is CSCC[C@H](N)C(=O)NCC(C)Oc1ccccc1F. The maximum Gasteiger partial charge on any atom is 0.237 e. The Kier molecular flexibility index (Phi) is 7.40. The fraction of sp³-hybridized carbons (Fsp3) is 0.500. The van der Waals surface area contributed by atoms with Crippen LogP contribution in [0, 0.1) is 5.82 Å². The van der Waals surface area contributed by atoms with Gasteiger partial charge < -0.3 is 15.8 Å². The van der Waals surface area contributed by atoms with Crippen LogP contribution in [0.4, 0.5) is 4.39 Å². The zero-order valence-corrected chi connectivity index (χ0v) is 12.6. The highest BCUT2D eigenvalue weighted by molar-refractivity contribution is 7.98. The molecule has 6 heteroatoms. The smallest absolute Gasteiger partial charge is 0.237 e. The highest BCUT2D eigenvalue weighted by Crippen LogP contribution is 2.16. The molecule has 0 aliphatic carbocycles. The van der Waals surface area contributed by atoms with Crippen molar-refractivity contribution in [1.82, 2.24) is 5.32 Å². The van der Waals surface area contributed by atoms with Gasteiger partial charge in [-0.1, -0.05) is 12.1 Å². The molecule has 1 unspecified atom stereocenters. The van der Waals surface area contributed by atoms with Gasteiger partial charge in [-0.25, -0.2) is 4.39 Å². The first-order valence-electron chi connectivity index (χ1n) is 6.48. The Morgan fingerprint density at radius 1 is 1.50 bits per heavy atom.